The number of benzene rings is 2. The van der Waals surface area contributed by atoms with Gasteiger partial charge in [-0.15, -0.1) is 24.8 Å². The Hall–Kier alpha value is -3.26. The third kappa shape index (κ3) is 6.37. The Kier molecular flexibility index (Phi) is 9.34. The molecule has 9 heteroatoms. The fourth-order valence-electron chi connectivity index (χ4n) is 2.97. The minimum absolute atomic E-state index is 0. The average molecular weight is 473 g/mol. The second kappa shape index (κ2) is 12.0. The number of carboxylic acid groups (broad SMARTS) is 1. The van der Waals surface area contributed by atoms with Gasteiger partial charge in [-0.05, 0) is 29.8 Å². The van der Waals surface area contributed by atoms with Crippen LogP contribution in [0.4, 0.5) is 0 Å². The molecule has 2 N–H and O–H groups in total. The molecule has 0 saturated carbocycles. The van der Waals surface area contributed by atoms with E-state index < -0.39 is 5.97 Å². The van der Waals surface area contributed by atoms with Crippen molar-refractivity contribution in [2.75, 3.05) is 6.54 Å². The van der Waals surface area contributed by atoms with E-state index in [4.69, 9.17) is 9.63 Å². The lowest BCUT2D eigenvalue weighted by Crippen LogP contribution is -2.17. The van der Waals surface area contributed by atoms with Gasteiger partial charge in [0.2, 0.25) is 5.82 Å². The number of rotatable bonds is 8. The third-order valence-corrected chi connectivity index (χ3v) is 4.58. The second-order valence-electron chi connectivity index (χ2n) is 6.73. The minimum Gasteiger partial charge on any atom is -0.481 e. The monoisotopic (exact) mass is 472 g/mol. The Morgan fingerprint density at radius 3 is 2.25 bits per heavy atom. The van der Waals surface area contributed by atoms with E-state index in [1.54, 1.807) is 6.20 Å². The van der Waals surface area contributed by atoms with Gasteiger partial charge in [0.15, 0.2) is 0 Å². The summed E-state index contributed by atoms with van der Waals surface area (Å²) in [7, 11) is 0. The van der Waals surface area contributed by atoms with Crippen LogP contribution in [0.5, 0.6) is 0 Å². The summed E-state index contributed by atoms with van der Waals surface area (Å²) in [4.78, 5) is 19.4. The van der Waals surface area contributed by atoms with Crippen LogP contribution in [-0.4, -0.2) is 32.7 Å². The van der Waals surface area contributed by atoms with Gasteiger partial charge in [0.25, 0.3) is 5.89 Å². The van der Waals surface area contributed by atoms with Crippen LogP contribution in [0.1, 0.15) is 12.0 Å². The van der Waals surface area contributed by atoms with Crippen molar-refractivity contribution < 1.29 is 14.4 Å². The smallest absolute Gasteiger partial charge is 0.304 e. The highest BCUT2D eigenvalue weighted by atomic mass is 35.5. The summed E-state index contributed by atoms with van der Waals surface area (Å²) in [5.41, 5.74) is 4.68. The predicted octanol–water partition coefficient (Wildman–Crippen LogP) is 4.87. The summed E-state index contributed by atoms with van der Waals surface area (Å²) >= 11 is 0. The van der Waals surface area contributed by atoms with Crippen molar-refractivity contribution in [3.05, 3.63) is 78.5 Å². The maximum Gasteiger partial charge on any atom is 0.304 e. The minimum atomic E-state index is -0.808. The topological polar surface area (TPSA) is 101 Å². The average Bonchev–Trinajstić information content (AvgIpc) is 3.28. The van der Waals surface area contributed by atoms with E-state index in [1.165, 1.54) is 0 Å². The summed E-state index contributed by atoms with van der Waals surface area (Å²) < 4.78 is 5.44. The van der Waals surface area contributed by atoms with Crippen LogP contribution < -0.4 is 5.32 Å². The zero-order valence-electron chi connectivity index (χ0n) is 17.0. The normalized spacial score (nSPS) is 10.1. The molecule has 2 aromatic carbocycles. The first-order valence-corrected chi connectivity index (χ1v) is 9.56. The Labute approximate surface area is 197 Å². The Morgan fingerprint density at radius 1 is 0.906 bits per heavy atom. The molecule has 166 valence electrons. The quantitative estimate of drug-likeness (QED) is 0.352. The Bertz CT molecular complexity index is 1120. The summed E-state index contributed by atoms with van der Waals surface area (Å²) in [5.74, 6) is 0.165. The molecule has 32 heavy (non-hydrogen) atoms. The fourth-order valence-corrected chi connectivity index (χ4v) is 2.97. The standard InChI is InChI=1S/C23H20N4O3.2ClH/c28-21(29)12-14-24-15-16-4-6-18(7-5-16)22-26-23(30-27-22)19-10-8-17(9-11-19)20-3-1-2-13-25-20;;/h1-11,13,24H,12,14-15H2,(H,28,29);2*1H. The van der Waals surface area contributed by atoms with Gasteiger partial charge >= 0.3 is 5.97 Å². The van der Waals surface area contributed by atoms with Gasteiger partial charge in [-0.3, -0.25) is 9.78 Å². The first kappa shape index (κ1) is 25.0. The predicted molar refractivity (Wildman–Crippen MR) is 127 cm³/mol. The van der Waals surface area contributed by atoms with E-state index in [9.17, 15) is 4.79 Å². The summed E-state index contributed by atoms with van der Waals surface area (Å²) in [6, 6.07) is 21.4. The molecule has 0 aliphatic carbocycles. The summed E-state index contributed by atoms with van der Waals surface area (Å²) in [6.45, 7) is 1.04. The molecule has 0 bridgehead atoms. The van der Waals surface area contributed by atoms with Crippen LogP contribution in [0.25, 0.3) is 34.1 Å². The Morgan fingerprint density at radius 2 is 1.59 bits per heavy atom. The molecule has 0 fully saturated rings. The first-order valence-electron chi connectivity index (χ1n) is 9.56. The number of nitrogens with one attached hydrogen (secondary N) is 1. The zero-order valence-corrected chi connectivity index (χ0v) is 18.6. The van der Waals surface area contributed by atoms with Gasteiger partial charge in [0.05, 0.1) is 12.1 Å². The van der Waals surface area contributed by atoms with E-state index in [0.29, 0.717) is 24.8 Å². The molecule has 4 aromatic rings. The molecule has 0 aliphatic rings. The highest BCUT2D eigenvalue weighted by Crippen LogP contribution is 2.25. The van der Waals surface area contributed by atoms with Gasteiger partial charge < -0.3 is 14.9 Å². The molecule has 0 spiro atoms. The molecule has 0 atom stereocenters. The SMILES string of the molecule is Cl.Cl.O=C(O)CCNCc1ccc(-c2noc(-c3ccc(-c4ccccn4)cc3)n2)cc1. The van der Waals surface area contributed by atoms with Crippen molar-refractivity contribution in [2.45, 2.75) is 13.0 Å². The molecule has 0 radical (unpaired) electrons. The number of aromatic nitrogens is 3. The van der Waals surface area contributed by atoms with E-state index in [-0.39, 0.29) is 31.2 Å². The number of nitrogens with zero attached hydrogens (tertiary/aromatic N) is 3. The largest absolute Gasteiger partial charge is 0.481 e. The van der Waals surface area contributed by atoms with Crippen LogP contribution in [-0.2, 0) is 11.3 Å². The van der Waals surface area contributed by atoms with Crippen molar-refractivity contribution in [2.24, 2.45) is 0 Å². The zero-order chi connectivity index (χ0) is 20.8. The molecule has 0 amide bonds. The Balaban J connectivity index is 0.00000181. The number of carbonyl (C=O) groups is 1. The summed E-state index contributed by atoms with van der Waals surface area (Å²) in [6.07, 6.45) is 1.87. The molecule has 2 heterocycles. The highest BCUT2D eigenvalue weighted by Gasteiger charge is 2.11. The lowest BCUT2D eigenvalue weighted by molar-refractivity contribution is -0.136. The van der Waals surface area contributed by atoms with Gasteiger partial charge in [0.1, 0.15) is 0 Å². The van der Waals surface area contributed by atoms with E-state index >= 15 is 0 Å². The fraction of sp³-hybridized carbons (Fsp3) is 0.130. The number of aliphatic carboxylic acids is 1. The molecular formula is C23H22Cl2N4O3. The van der Waals surface area contributed by atoms with Crippen molar-refractivity contribution in [3.8, 4) is 34.1 Å². The van der Waals surface area contributed by atoms with Crippen LogP contribution in [0.3, 0.4) is 0 Å². The maximum atomic E-state index is 10.5. The molecule has 4 rings (SSSR count). The van der Waals surface area contributed by atoms with Crippen LogP contribution in [0.2, 0.25) is 0 Å². The maximum absolute atomic E-state index is 10.5. The van der Waals surface area contributed by atoms with Crippen molar-refractivity contribution >= 4 is 30.8 Å². The number of halogens is 2. The van der Waals surface area contributed by atoms with Crippen LogP contribution >= 0.6 is 24.8 Å². The first-order chi connectivity index (χ1) is 14.7. The van der Waals surface area contributed by atoms with Gasteiger partial charge in [-0.1, -0.05) is 47.6 Å². The molecule has 7 nitrogen and oxygen atoms in total. The summed E-state index contributed by atoms with van der Waals surface area (Å²) in [5, 5.41) is 15.8. The number of hydrogen-bond acceptors (Lipinski definition) is 6. The van der Waals surface area contributed by atoms with Crippen molar-refractivity contribution in [3.63, 3.8) is 0 Å². The number of pyridine rings is 1. The van der Waals surface area contributed by atoms with Crippen LogP contribution in [0, 0.1) is 0 Å². The van der Waals surface area contributed by atoms with Crippen molar-refractivity contribution in [1.29, 1.82) is 0 Å². The number of hydrogen-bond donors (Lipinski definition) is 2. The van der Waals surface area contributed by atoms with E-state index in [2.05, 4.69) is 20.4 Å². The second-order valence-corrected chi connectivity index (χ2v) is 6.73. The molecule has 0 aliphatic heterocycles. The lowest BCUT2D eigenvalue weighted by Gasteiger charge is -2.03. The van der Waals surface area contributed by atoms with Gasteiger partial charge in [-0.2, -0.15) is 4.98 Å². The molecule has 0 saturated heterocycles. The molecule has 0 unspecified atom stereocenters. The molecule has 2 aromatic heterocycles. The van der Waals surface area contributed by atoms with Gasteiger partial charge in [-0.25, -0.2) is 0 Å². The van der Waals surface area contributed by atoms with E-state index in [1.807, 2.05) is 66.7 Å². The highest BCUT2D eigenvalue weighted by molar-refractivity contribution is 5.85. The van der Waals surface area contributed by atoms with Crippen LogP contribution in [0.15, 0.2) is 77.4 Å². The lowest BCUT2D eigenvalue weighted by atomic mass is 10.1. The van der Waals surface area contributed by atoms with Gasteiger partial charge in [0, 0.05) is 36.0 Å². The third-order valence-electron chi connectivity index (χ3n) is 4.58. The number of carboxylic acids is 1. The van der Waals surface area contributed by atoms with E-state index in [0.717, 1.165) is 27.9 Å². The molecular weight excluding hydrogens is 451 g/mol. The van der Waals surface area contributed by atoms with Crippen molar-refractivity contribution in [1.82, 2.24) is 20.4 Å².